The maximum absolute atomic E-state index is 12.4. The molecule has 0 fully saturated rings. The van der Waals surface area contributed by atoms with Crippen LogP contribution in [0.25, 0.3) is 10.2 Å². The zero-order valence-electron chi connectivity index (χ0n) is 18.2. The molecule has 1 heterocycles. The lowest BCUT2D eigenvalue weighted by Crippen LogP contribution is -2.26. The molecule has 1 atom stereocenters. The van der Waals surface area contributed by atoms with Crippen molar-refractivity contribution in [3.63, 3.8) is 0 Å². The molecule has 6 nitrogen and oxygen atoms in total. The van der Waals surface area contributed by atoms with Gasteiger partial charge in [-0.2, -0.15) is 5.10 Å². The zero-order chi connectivity index (χ0) is 23.0. The van der Waals surface area contributed by atoms with Crippen molar-refractivity contribution in [3.05, 3.63) is 83.9 Å². The number of ether oxygens (including phenoxy) is 2. The normalized spacial score (nSPS) is 12.1. The molecule has 1 aromatic heterocycles. The predicted molar refractivity (Wildman–Crippen MR) is 134 cm³/mol. The molecule has 168 valence electrons. The highest BCUT2D eigenvalue weighted by atomic mass is 32.2. The van der Waals surface area contributed by atoms with Crippen LogP contribution in [0.1, 0.15) is 18.1 Å². The molecule has 8 heteroatoms. The van der Waals surface area contributed by atoms with Gasteiger partial charge in [-0.3, -0.25) is 4.79 Å². The monoisotopic (exact) mass is 477 g/mol. The van der Waals surface area contributed by atoms with Gasteiger partial charge in [0.15, 0.2) is 15.8 Å². The average molecular weight is 478 g/mol. The number of thioether (sulfide) groups is 1. The van der Waals surface area contributed by atoms with Crippen LogP contribution in [0, 0.1) is 0 Å². The van der Waals surface area contributed by atoms with E-state index in [9.17, 15) is 4.79 Å². The summed E-state index contributed by atoms with van der Waals surface area (Å²) in [5.41, 5.74) is 5.40. The zero-order valence-corrected chi connectivity index (χ0v) is 19.9. The summed E-state index contributed by atoms with van der Waals surface area (Å²) in [5, 5.41) is 3.77. The number of carbonyl (C=O) groups excluding carboxylic acids is 1. The van der Waals surface area contributed by atoms with Gasteiger partial charge in [0, 0.05) is 0 Å². The molecule has 0 saturated carbocycles. The van der Waals surface area contributed by atoms with Gasteiger partial charge in [-0.05, 0) is 48.4 Å². The minimum absolute atomic E-state index is 0.190. The summed E-state index contributed by atoms with van der Waals surface area (Å²) >= 11 is 3.00. The van der Waals surface area contributed by atoms with Crippen molar-refractivity contribution in [3.8, 4) is 11.5 Å². The Morgan fingerprint density at radius 1 is 1.12 bits per heavy atom. The summed E-state index contributed by atoms with van der Waals surface area (Å²) in [7, 11) is 1.59. The Balaban J connectivity index is 1.32. The maximum atomic E-state index is 12.4. The van der Waals surface area contributed by atoms with Crippen LogP contribution in [-0.2, 0) is 11.4 Å². The van der Waals surface area contributed by atoms with E-state index in [0.29, 0.717) is 18.1 Å². The van der Waals surface area contributed by atoms with Crippen LogP contribution in [-0.4, -0.2) is 29.5 Å². The second-order valence-corrected chi connectivity index (χ2v) is 9.74. The van der Waals surface area contributed by atoms with E-state index >= 15 is 0 Å². The fraction of sp³-hybridized carbons (Fsp3) is 0.160. The highest BCUT2D eigenvalue weighted by Crippen LogP contribution is 2.32. The van der Waals surface area contributed by atoms with Gasteiger partial charge >= 0.3 is 0 Å². The van der Waals surface area contributed by atoms with Gasteiger partial charge in [-0.15, -0.1) is 11.3 Å². The first-order valence-corrected chi connectivity index (χ1v) is 12.0. The predicted octanol–water partition coefficient (Wildman–Crippen LogP) is 5.51. The Morgan fingerprint density at radius 2 is 1.91 bits per heavy atom. The molecule has 0 aliphatic heterocycles. The van der Waals surface area contributed by atoms with Crippen LogP contribution in [0.4, 0.5) is 0 Å². The lowest BCUT2D eigenvalue weighted by atomic mass is 10.2. The molecular formula is C25H23N3O3S2. The lowest BCUT2D eigenvalue weighted by Gasteiger charge is -2.11. The molecular weight excluding hydrogens is 454 g/mol. The molecule has 0 spiro atoms. The number of aromatic nitrogens is 1. The van der Waals surface area contributed by atoms with Gasteiger partial charge in [-0.1, -0.05) is 54.2 Å². The van der Waals surface area contributed by atoms with Crippen molar-refractivity contribution in [1.82, 2.24) is 10.4 Å². The van der Waals surface area contributed by atoms with Gasteiger partial charge in [0.25, 0.3) is 5.91 Å². The fourth-order valence-electron chi connectivity index (χ4n) is 2.99. The summed E-state index contributed by atoms with van der Waals surface area (Å²) in [6.07, 6.45) is 1.58. The minimum atomic E-state index is -0.328. The van der Waals surface area contributed by atoms with Crippen LogP contribution < -0.4 is 14.9 Å². The minimum Gasteiger partial charge on any atom is -0.493 e. The van der Waals surface area contributed by atoms with Crippen molar-refractivity contribution < 1.29 is 14.3 Å². The number of rotatable bonds is 9. The van der Waals surface area contributed by atoms with Gasteiger partial charge in [0.1, 0.15) is 6.61 Å². The largest absolute Gasteiger partial charge is 0.493 e. The number of carbonyl (C=O) groups is 1. The standard InChI is InChI=1S/C25H23N3O3S2/c1-17(32-25-27-20-10-6-7-11-23(20)33-25)24(29)28-26-15-19-12-13-21(22(14-19)30-2)31-16-18-8-4-3-5-9-18/h3-15,17H,16H2,1-2H3,(H,28,29)/b26-15-/t17-/m0/s1. The maximum Gasteiger partial charge on any atom is 0.253 e. The van der Waals surface area contributed by atoms with E-state index in [0.717, 1.165) is 25.7 Å². The summed E-state index contributed by atoms with van der Waals surface area (Å²) in [5.74, 6) is 1.05. The quantitative estimate of drug-likeness (QED) is 0.195. The number of hydrazone groups is 1. The van der Waals surface area contributed by atoms with Crippen molar-refractivity contribution in [2.75, 3.05) is 7.11 Å². The number of nitrogens with one attached hydrogen (secondary N) is 1. The summed E-state index contributed by atoms with van der Waals surface area (Å²) in [6.45, 7) is 2.29. The number of amides is 1. The molecule has 0 aliphatic rings. The highest BCUT2D eigenvalue weighted by Gasteiger charge is 2.16. The molecule has 0 saturated heterocycles. The van der Waals surface area contributed by atoms with Crippen LogP contribution in [0.5, 0.6) is 11.5 Å². The van der Waals surface area contributed by atoms with Gasteiger partial charge in [0.05, 0.1) is 28.8 Å². The van der Waals surface area contributed by atoms with E-state index in [2.05, 4.69) is 15.5 Å². The first kappa shape index (κ1) is 22.8. The van der Waals surface area contributed by atoms with Crippen LogP contribution in [0.15, 0.2) is 82.2 Å². The van der Waals surface area contributed by atoms with E-state index < -0.39 is 0 Å². The Bertz CT molecular complexity index is 1230. The summed E-state index contributed by atoms with van der Waals surface area (Å²) < 4.78 is 13.3. The molecule has 4 rings (SSSR count). The summed E-state index contributed by atoms with van der Waals surface area (Å²) in [6, 6.07) is 23.4. The number of nitrogens with zero attached hydrogens (tertiary/aromatic N) is 2. The van der Waals surface area contributed by atoms with Crippen LogP contribution in [0.3, 0.4) is 0 Å². The number of benzene rings is 3. The van der Waals surface area contributed by atoms with Gasteiger partial charge < -0.3 is 9.47 Å². The first-order valence-electron chi connectivity index (χ1n) is 10.3. The topological polar surface area (TPSA) is 72.8 Å². The fourth-order valence-corrected chi connectivity index (χ4v) is 5.19. The smallest absolute Gasteiger partial charge is 0.253 e. The van der Waals surface area contributed by atoms with E-state index in [-0.39, 0.29) is 11.2 Å². The lowest BCUT2D eigenvalue weighted by molar-refractivity contribution is -0.120. The molecule has 0 bridgehead atoms. The van der Waals surface area contributed by atoms with Gasteiger partial charge in [-0.25, -0.2) is 10.4 Å². The number of hydrogen-bond donors (Lipinski definition) is 1. The van der Waals surface area contributed by atoms with Crippen molar-refractivity contribution in [2.45, 2.75) is 23.1 Å². The third kappa shape index (κ3) is 6.12. The van der Waals surface area contributed by atoms with Crippen LogP contribution >= 0.6 is 23.1 Å². The van der Waals surface area contributed by atoms with E-state index in [1.165, 1.54) is 11.8 Å². The molecule has 4 aromatic rings. The number of hydrogen-bond acceptors (Lipinski definition) is 7. The van der Waals surface area contributed by atoms with Gasteiger partial charge in [0.2, 0.25) is 0 Å². The van der Waals surface area contributed by atoms with Crippen molar-refractivity contribution in [2.24, 2.45) is 5.10 Å². The highest BCUT2D eigenvalue weighted by molar-refractivity contribution is 8.02. The number of fused-ring (bicyclic) bond motifs is 1. The van der Waals surface area contributed by atoms with E-state index in [1.54, 1.807) is 24.7 Å². The Kier molecular flexibility index (Phi) is 7.59. The Labute approximate surface area is 200 Å². The van der Waals surface area contributed by atoms with E-state index in [4.69, 9.17) is 9.47 Å². The number of thiazole rings is 1. The molecule has 3 aromatic carbocycles. The Hall–Kier alpha value is -3.36. The second kappa shape index (κ2) is 11.0. The van der Waals surface area contributed by atoms with E-state index in [1.807, 2.05) is 79.7 Å². The SMILES string of the molecule is COc1cc(/C=N\NC(=O)[C@H](C)Sc2nc3ccccc3s2)ccc1OCc1ccccc1. The molecule has 0 radical (unpaired) electrons. The molecule has 0 unspecified atom stereocenters. The summed E-state index contributed by atoms with van der Waals surface area (Å²) in [4.78, 5) is 17.0. The third-order valence-corrected chi connectivity index (χ3v) is 6.96. The van der Waals surface area contributed by atoms with Crippen molar-refractivity contribution in [1.29, 1.82) is 0 Å². The molecule has 1 N–H and O–H groups in total. The average Bonchev–Trinajstić information content (AvgIpc) is 3.26. The molecule has 33 heavy (non-hydrogen) atoms. The Morgan fingerprint density at radius 3 is 2.70 bits per heavy atom. The first-order chi connectivity index (χ1) is 16.1. The molecule has 1 amide bonds. The number of methoxy groups -OCH3 is 1. The second-order valence-electron chi connectivity index (χ2n) is 7.13. The molecule has 0 aliphatic carbocycles. The third-order valence-electron chi connectivity index (χ3n) is 4.73. The number of para-hydroxylation sites is 1. The van der Waals surface area contributed by atoms with Crippen LogP contribution in [0.2, 0.25) is 0 Å². The van der Waals surface area contributed by atoms with Crippen molar-refractivity contribution >= 4 is 45.4 Å².